The lowest BCUT2D eigenvalue weighted by atomic mass is 9.93. The minimum Gasteiger partial charge on any atom is -0.541 e. The standard InChI is InChI=1S/C30H37FN2O4Si.C25H26FN3O4.C4H11NO/c1-17(2)38(18(3)4,19(5)6)37-29-27-25(16-33(7)30(27)36)23(14-26(34)35)24-13-21(15-32-28(24)29)12-20-8-10-22(31)11-9-20;1-25(2,33)13-28-20(30)10-17-18-9-15(8-14-4-6-16(26)7-5-14)11-27-22(18)23(31)21-19(17)12-29(3)24(21)32;1-4(2,6)3-5/h8-11,13,15,17-19H,12,14,16H2,1-7H3,(H,34,35);4-7,9,11,31,33H,8,10,12-13H2,1-3H3,(H,28,30);6H,3,5H2,1-2H3. The van der Waals surface area contributed by atoms with Gasteiger partial charge < -0.3 is 45.7 Å². The minimum atomic E-state index is -2.47. The summed E-state index contributed by atoms with van der Waals surface area (Å²) in [5, 5.41) is 43.3. The molecule has 77 heavy (non-hydrogen) atoms. The van der Waals surface area contributed by atoms with Gasteiger partial charge in [-0.3, -0.25) is 29.1 Å². The van der Waals surface area contributed by atoms with E-state index in [1.54, 1.807) is 83.3 Å². The molecule has 2 aliphatic heterocycles. The predicted molar refractivity (Wildman–Crippen MR) is 297 cm³/mol. The van der Waals surface area contributed by atoms with Crippen molar-refractivity contribution in [3.63, 3.8) is 0 Å². The second-order valence-corrected chi connectivity index (χ2v) is 27.9. The summed E-state index contributed by atoms with van der Waals surface area (Å²) in [5.74, 6) is -2.07. The van der Waals surface area contributed by atoms with Gasteiger partial charge in [-0.2, -0.15) is 0 Å². The molecule has 2 aliphatic rings. The molecule has 15 nitrogen and oxygen atoms in total. The zero-order valence-corrected chi connectivity index (χ0v) is 47.3. The molecular formula is C59H74F2N6O9Si. The molecule has 0 fully saturated rings. The van der Waals surface area contributed by atoms with E-state index in [0.29, 0.717) is 75.8 Å². The number of aliphatic hydroxyl groups is 2. The fraction of sp³-hybridized carbons (Fsp3) is 0.424. The molecule has 18 heteroatoms. The van der Waals surface area contributed by atoms with E-state index in [2.05, 4.69) is 51.8 Å². The number of fused-ring (bicyclic) bond motifs is 4. The number of hydrogen-bond donors (Lipinski definition) is 6. The summed E-state index contributed by atoms with van der Waals surface area (Å²) >= 11 is 0. The fourth-order valence-electron chi connectivity index (χ4n) is 10.4. The molecule has 0 radical (unpaired) electrons. The molecule has 0 saturated carbocycles. The minimum absolute atomic E-state index is 0.0298. The number of carbonyl (C=O) groups excluding carboxylic acids is 3. The number of carboxylic acids is 1. The Hall–Kier alpha value is -6.86. The third-order valence-electron chi connectivity index (χ3n) is 14.2. The van der Waals surface area contributed by atoms with Crippen molar-refractivity contribution in [1.82, 2.24) is 25.1 Å². The molecule has 0 saturated heterocycles. The number of halogens is 2. The Labute approximate surface area is 450 Å². The first-order valence-corrected chi connectivity index (χ1v) is 28.0. The number of phenolic OH excluding ortho intramolecular Hbond substituents is 1. The number of amides is 3. The van der Waals surface area contributed by atoms with Crippen LogP contribution in [-0.2, 0) is 48.4 Å². The molecule has 2 aromatic heterocycles. The topological polar surface area (TPSA) is 229 Å². The Morgan fingerprint density at radius 1 is 0.701 bits per heavy atom. The number of rotatable bonds is 16. The van der Waals surface area contributed by atoms with E-state index in [0.717, 1.165) is 22.3 Å². The van der Waals surface area contributed by atoms with E-state index in [1.165, 1.54) is 29.2 Å². The number of pyridine rings is 2. The van der Waals surface area contributed by atoms with Crippen LogP contribution in [0.25, 0.3) is 21.8 Å². The number of nitrogens with zero attached hydrogens (tertiary/aromatic N) is 4. The first kappa shape index (κ1) is 59.4. The third-order valence-corrected chi connectivity index (χ3v) is 20.2. The zero-order chi connectivity index (χ0) is 57.1. The fourth-order valence-corrected chi connectivity index (χ4v) is 15.6. The van der Waals surface area contributed by atoms with E-state index in [9.17, 15) is 43.3 Å². The van der Waals surface area contributed by atoms with Gasteiger partial charge >= 0.3 is 5.97 Å². The summed E-state index contributed by atoms with van der Waals surface area (Å²) in [6.45, 7) is 20.7. The molecule has 4 aromatic carbocycles. The van der Waals surface area contributed by atoms with Gasteiger partial charge in [-0.25, -0.2) is 8.78 Å². The zero-order valence-electron chi connectivity index (χ0n) is 46.3. The van der Waals surface area contributed by atoms with Crippen LogP contribution in [0.2, 0.25) is 16.6 Å². The number of nitrogens with one attached hydrogen (secondary N) is 1. The van der Waals surface area contributed by atoms with Crippen molar-refractivity contribution in [3.05, 3.63) is 140 Å². The number of phenols is 1. The van der Waals surface area contributed by atoms with Gasteiger partial charge in [-0.15, -0.1) is 0 Å². The SMILES string of the molecule is CC(C)(O)CN.CC(C)[Si](Oc1c2c(c(CC(=O)O)c3cc(Cc4ccc(F)cc4)cnc13)CN(C)C2=O)(C(C)C)C(C)C.CN1Cc2c(c(O)c3ncc(Cc4ccc(F)cc4)cc3c2CC(=O)NCC(C)(C)O)C1=O. The van der Waals surface area contributed by atoms with Crippen LogP contribution < -0.4 is 15.5 Å². The monoisotopic (exact) mass is 1080 g/mol. The summed E-state index contributed by atoms with van der Waals surface area (Å²) in [6.07, 6.45) is 4.12. The number of aromatic nitrogens is 2. The Balaban J connectivity index is 0.000000227. The number of aliphatic carboxylic acids is 1. The summed E-state index contributed by atoms with van der Waals surface area (Å²) in [6, 6.07) is 16.3. The van der Waals surface area contributed by atoms with Crippen LogP contribution in [-0.4, -0.2) is 111 Å². The number of benzene rings is 4. The van der Waals surface area contributed by atoms with E-state index in [-0.39, 0.29) is 88.7 Å². The molecule has 4 heterocycles. The van der Waals surface area contributed by atoms with Crippen LogP contribution in [0.3, 0.4) is 0 Å². The van der Waals surface area contributed by atoms with Crippen LogP contribution >= 0.6 is 0 Å². The second-order valence-electron chi connectivity index (χ2n) is 22.5. The average Bonchev–Trinajstić information content (AvgIpc) is 3.82. The molecule has 0 atom stereocenters. The second kappa shape index (κ2) is 23.8. The molecule has 0 bridgehead atoms. The lowest BCUT2D eigenvalue weighted by molar-refractivity contribution is -0.136. The van der Waals surface area contributed by atoms with Gasteiger partial charge in [0.05, 0.1) is 35.2 Å². The maximum Gasteiger partial charge on any atom is 0.307 e. The average molecular weight is 1080 g/mol. The van der Waals surface area contributed by atoms with Gasteiger partial charge in [0.1, 0.15) is 28.4 Å². The van der Waals surface area contributed by atoms with Gasteiger partial charge in [0, 0.05) is 63.4 Å². The highest BCUT2D eigenvalue weighted by atomic mass is 28.4. The van der Waals surface area contributed by atoms with E-state index < -0.39 is 25.5 Å². The Bertz CT molecular complexity index is 3150. The predicted octanol–water partition coefficient (Wildman–Crippen LogP) is 9.13. The van der Waals surface area contributed by atoms with Crippen molar-refractivity contribution in [2.75, 3.05) is 27.2 Å². The van der Waals surface area contributed by atoms with Gasteiger partial charge in [0.15, 0.2) is 5.75 Å². The maximum absolute atomic E-state index is 13.5. The first-order chi connectivity index (χ1) is 36.0. The van der Waals surface area contributed by atoms with Gasteiger partial charge in [0.2, 0.25) is 5.91 Å². The quantitative estimate of drug-likeness (QED) is 0.0499. The van der Waals surface area contributed by atoms with Gasteiger partial charge in [-0.05, 0) is 138 Å². The van der Waals surface area contributed by atoms with Crippen LogP contribution in [0, 0.1) is 11.6 Å². The van der Waals surface area contributed by atoms with Crippen LogP contribution in [0.15, 0.2) is 73.1 Å². The molecule has 8 rings (SSSR count). The Morgan fingerprint density at radius 3 is 1.55 bits per heavy atom. The van der Waals surface area contributed by atoms with E-state index >= 15 is 0 Å². The van der Waals surface area contributed by atoms with Crippen LogP contribution in [0.1, 0.15) is 134 Å². The number of carbonyl (C=O) groups is 4. The lowest BCUT2D eigenvalue weighted by Crippen LogP contribution is -2.51. The van der Waals surface area contributed by atoms with Crippen molar-refractivity contribution in [2.24, 2.45) is 5.73 Å². The molecule has 412 valence electrons. The van der Waals surface area contributed by atoms with E-state index in [4.69, 9.17) is 20.3 Å². The number of aromatic hydroxyl groups is 1. The van der Waals surface area contributed by atoms with Gasteiger partial charge in [0.25, 0.3) is 20.1 Å². The highest BCUT2D eigenvalue weighted by molar-refractivity contribution is 6.78. The van der Waals surface area contributed by atoms with Crippen molar-refractivity contribution < 1.29 is 52.8 Å². The Kier molecular flexibility index (Phi) is 18.4. The Morgan fingerprint density at radius 2 is 1.12 bits per heavy atom. The number of nitrogens with two attached hydrogens (primary N) is 1. The van der Waals surface area contributed by atoms with Crippen molar-refractivity contribution in [1.29, 1.82) is 0 Å². The molecule has 0 spiro atoms. The summed E-state index contributed by atoms with van der Waals surface area (Å²) < 4.78 is 33.8. The molecule has 7 N–H and O–H groups in total. The largest absolute Gasteiger partial charge is 0.541 e. The van der Waals surface area contributed by atoms with Crippen LogP contribution in [0.5, 0.6) is 11.5 Å². The highest BCUT2D eigenvalue weighted by Gasteiger charge is 2.49. The third kappa shape index (κ3) is 13.6. The highest BCUT2D eigenvalue weighted by Crippen LogP contribution is 2.48. The molecule has 6 aromatic rings. The normalized spacial score (nSPS) is 13.5. The lowest BCUT2D eigenvalue weighted by Gasteiger charge is -2.42. The van der Waals surface area contributed by atoms with Crippen molar-refractivity contribution >= 4 is 53.8 Å². The van der Waals surface area contributed by atoms with Crippen molar-refractivity contribution in [3.8, 4) is 11.5 Å². The van der Waals surface area contributed by atoms with Crippen LogP contribution in [0.4, 0.5) is 8.78 Å². The number of carboxylic acid groups (broad SMARTS) is 1. The number of hydrogen-bond acceptors (Lipinski definition) is 11. The molecule has 3 amide bonds. The summed E-state index contributed by atoms with van der Waals surface area (Å²) in [4.78, 5) is 63.2. The van der Waals surface area contributed by atoms with Gasteiger partial charge in [-0.1, -0.05) is 65.8 Å². The maximum atomic E-state index is 13.5. The summed E-state index contributed by atoms with van der Waals surface area (Å²) in [7, 11) is 0.894. The smallest absolute Gasteiger partial charge is 0.307 e. The first-order valence-electron chi connectivity index (χ1n) is 25.9. The van der Waals surface area contributed by atoms with Crippen molar-refractivity contribution in [2.45, 2.75) is 136 Å². The summed E-state index contributed by atoms with van der Waals surface area (Å²) in [5.41, 5.74) is 11.6. The molecule has 0 unspecified atom stereocenters. The van der Waals surface area contributed by atoms with E-state index in [1.807, 2.05) is 12.1 Å². The molecule has 0 aliphatic carbocycles. The molecular weight excluding hydrogens is 1000 g/mol.